The van der Waals surface area contributed by atoms with E-state index < -0.39 is 11.6 Å². The maximum atomic E-state index is 13.5. The Morgan fingerprint density at radius 2 is 1.81 bits per heavy atom. The zero-order chi connectivity index (χ0) is 11.7. The number of rotatable bonds is 1. The monoisotopic (exact) mass is 219 g/mol. The average molecular weight is 219 g/mol. The molecule has 82 valence electrons. The summed E-state index contributed by atoms with van der Waals surface area (Å²) in [7, 11) is 0. The van der Waals surface area contributed by atoms with Gasteiger partial charge in [-0.15, -0.1) is 0 Å². The minimum absolute atomic E-state index is 0.201. The van der Waals surface area contributed by atoms with Crippen LogP contribution >= 0.6 is 0 Å². The summed E-state index contributed by atoms with van der Waals surface area (Å²) in [4.78, 5) is 4.20. The van der Waals surface area contributed by atoms with Gasteiger partial charge >= 0.3 is 0 Å². The van der Waals surface area contributed by atoms with Gasteiger partial charge in [0.15, 0.2) is 11.6 Å². The summed E-state index contributed by atoms with van der Waals surface area (Å²) in [5.74, 6) is -1.70. The Morgan fingerprint density at radius 1 is 1.06 bits per heavy atom. The number of hydrogen-bond donors (Lipinski definition) is 0. The van der Waals surface area contributed by atoms with Crippen molar-refractivity contribution in [1.82, 2.24) is 4.98 Å². The Labute approximate surface area is 92.8 Å². The molecule has 1 aromatic heterocycles. The van der Waals surface area contributed by atoms with Crippen molar-refractivity contribution in [3.8, 4) is 11.3 Å². The van der Waals surface area contributed by atoms with Crippen LogP contribution in [0.15, 0.2) is 30.3 Å². The van der Waals surface area contributed by atoms with Crippen LogP contribution in [0.2, 0.25) is 0 Å². The molecule has 0 saturated carbocycles. The Bertz CT molecular complexity index is 515. The van der Waals surface area contributed by atoms with E-state index in [9.17, 15) is 8.78 Å². The van der Waals surface area contributed by atoms with E-state index in [0.717, 1.165) is 17.3 Å². The van der Waals surface area contributed by atoms with Gasteiger partial charge < -0.3 is 0 Å². The molecule has 0 atom stereocenters. The molecule has 0 N–H and O–H groups in total. The third kappa shape index (κ3) is 1.94. The normalized spacial score (nSPS) is 10.5. The van der Waals surface area contributed by atoms with Crippen molar-refractivity contribution in [1.29, 1.82) is 0 Å². The molecule has 3 heteroatoms. The summed E-state index contributed by atoms with van der Waals surface area (Å²) >= 11 is 0. The fraction of sp³-hybridized carbons (Fsp3) is 0.154. The van der Waals surface area contributed by atoms with E-state index >= 15 is 0 Å². The number of benzene rings is 1. The van der Waals surface area contributed by atoms with Crippen molar-refractivity contribution in [2.75, 3.05) is 0 Å². The summed E-state index contributed by atoms with van der Waals surface area (Å²) in [5.41, 5.74) is 2.44. The van der Waals surface area contributed by atoms with Crippen LogP contribution in [-0.2, 0) is 0 Å². The number of hydrogen-bond acceptors (Lipinski definition) is 1. The van der Waals surface area contributed by atoms with Crippen LogP contribution in [0.5, 0.6) is 0 Å². The molecule has 2 aromatic rings. The molecule has 1 aromatic carbocycles. The van der Waals surface area contributed by atoms with Crippen molar-refractivity contribution in [3.63, 3.8) is 0 Å². The van der Waals surface area contributed by atoms with Gasteiger partial charge in [0.25, 0.3) is 0 Å². The third-order valence-electron chi connectivity index (χ3n) is 2.33. The van der Waals surface area contributed by atoms with E-state index in [4.69, 9.17) is 0 Å². The highest BCUT2D eigenvalue weighted by Crippen LogP contribution is 2.23. The lowest BCUT2D eigenvalue weighted by atomic mass is 10.1. The number of aryl methyl sites for hydroxylation is 2. The Hall–Kier alpha value is -1.77. The van der Waals surface area contributed by atoms with Crippen molar-refractivity contribution < 1.29 is 8.78 Å². The molecule has 2 rings (SSSR count). The van der Waals surface area contributed by atoms with E-state index in [2.05, 4.69) is 4.98 Å². The molecule has 0 aliphatic carbocycles. The van der Waals surface area contributed by atoms with Crippen molar-refractivity contribution in [2.24, 2.45) is 0 Å². The lowest BCUT2D eigenvalue weighted by molar-refractivity contribution is 0.511. The highest BCUT2D eigenvalue weighted by Gasteiger charge is 2.11. The first kappa shape index (κ1) is 10.7. The van der Waals surface area contributed by atoms with Crippen molar-refractivity contribution >= 4 is 0 Å². The number of pyridine rings is 1. The van der Waals surface area contributed by atoms with Crippen LogP contribution in [0.25, 0.3) is 11.3 Å². The van der Waals surface area contributed by atoms with E-state index in [-0.39, 0.29) is 5.56 Å². The van der Waals surface area contributed by atoms with Crippen LogP contribution in [0.4, 0.5) is 8.78 Å². The molecule has 0 aliphatic rings. The molecule has 1 nitrogen and oxygen atoms in total. The molecule has 0 amide bonds. The van der Waals surface area contributed by atoms with Crippen molar-refractivity contribution in [3.05, 3.63) is 53.2 Å². The van der Waals surface area contributed by atoms with Gasteiger partial charge in [-0.05, 0) is 43.7 Å². The molecule has 0 unspecified atom stereocenters. The predicted molar refractivity (Wildman–Crippen MR) is 59.1 cm³/mol. The Balaban J connectivity index is 2.63. The van der Waals surface area contributed by atoms with Gasteiger partial charge in [0.1, 0.15) is 0 Å². The van der Waals surface area contributed by atoms with Crippen LogP contribution in [0.1, 0.15) is 11.3 Å². The molecule has 0 aliphatic heterocycles. The van der Waals surface area contributed by atoms with E-state index in [0.29, 0.717) is 5.69 Å². The number of halogens is 2. The predicted octanol–water partition coefficient (Wildman–Crippen LogP) is 3.64. The second-order valence-electron chi connectivity index (χ2n) is 3.77. The maximum Gasteiger partial charge on any atom is 0.168 e. The molecule has 0 saturated heterocycles. The molecular formula is C13H11F2N. The first-order valence-electron chi connectivity index (χ1n) is 4.97. The Morgan fingerprint density at radius 3 is 2.50 bits per heavy atom. The fourth-order valence-corrected chi connectivity index (χ4v) is 1.68. The molecular weight excluding hydrogens is 208 g/mol. The lowest BCUT2D eigenvalue weighted by Gasteiger charge is -2.05. The molecule has 1 heterocycles. The molecule has 0 radical (unpaired) electrons. The highest BCUT2D eigenvalue weighted by molar-refractivity contribution is 5.61. The zero-order valence-corrected chi connectivity index (χ0v) is 9.09. The average Bonchev–Trinajstić information content (AvgIpc) is 2.20. The highest BCUT2D eigenvalue weighted by atomic mass is 19.2. The fourth-order valence-electron chi connectivity index (χ4n) is 1.68. The molecule has 16 heavy (non-hydrogen) atoms. The summed E-state index contributed by atoms with van der Waals surface area (Å²) < 4.78 is 26.6. The quantitative estimate of drug-likeness (QED) is 0.713. The summed E-state index contributed by atoms with van der Waals surface area (Å²) in [6.45, 7) is 3.73. The zero-order valence-electron chi connectivity index (χ0n) is 9.09. The summed E-state index contributed by atoms with van der Waals surface area (Å²) in [6, 6.07) is 7.74. The van der Waals surface area contributed by atoms with Crippen LogP contribution in [-0.4, -0.2) is 4.98 Å². The lowest BCUT2D eigenvalue weighted by Crippen LogP contribution is -1.94. The summed E-state index contributed by atoms with van der Waals surface area (Å²) in [5, 5.41) is 0. The second-order valence-corrected chi connectivity index (χ2v) is 3.77. The van der Waals surface area contributed by atoms with Gasteiger partial charge in [-0.25, -0.2) is 8.78 Å². The van der Waals surface area contributed by atoms with Gasteiger partial charge in [0.2, 0.25) is 0 Å². The second kappa shape index (κ2) is 4.00. The third-order valence-corrected chi connectivity index (χ3v) is 2.33. The Kier molecular flexibility index (Phi) is 2.69. The number of aromatic nitrogens is 1. The molecule has 0 fully saturated rings. The number of nitrogens with zero attached hydrogens (tertiary/aromatic N) is 1. The van der Waals surface area contributed by atoms with Crippen molar-refractivity contribution in [2.45, 2.75) is 13.8 Å². The maximum absolute atomic E-state index is 13.5. The first-order chi connectivity index (χ1) is 7.58. The van der Waals surface area contributed by atoms with E-state index in [1.807, 2.05) is 19.9 Å². The largest absolute Gasteiger partial charge is 0.253 e. The SMILES string of the molecule is Cc1cc(C)nc(-c2cccc(F)c2F)c1. The van der Waals surface area contributed by atoms with Crippen LogP contribution in [0.3, 0.4) is 0 Å². The van der Waals surface area contributed by atoms with E-state index in [1.54, 1.807) is 6.07 Å². The van der Waals surface area contributed by atoms with Gasteiger partial charge in [0, 0.05) is 11.3 Å². The standard InChI is InChI=1S/C13H11F2N/c1-8-6-9(2)16-12(7-8)10-4-3-5-11(14)13(10)15/h3-7H,1-2H3. The van der Waals surface area contributed by atoms with E-state index in [1.165, 1.54) is 12.1 Å². The van der Waals surface area contributed by atoms with Gasteiger partial charge in [-0.2, -0.15) is 0 Å². The topological polar surface area (TPSA) is 12.9 Å². The molecule has 0 bridgehead atoms. The smallest absolute Gasteiger partial charge is 0.168 e. The summed E-state index contributed by atoms with van der Waals surface area (Å²) in [6.07, 6.45) is 0. The molecule has 0 spiro atoms. The van der Waals surface area contributed by atoms with Crippen LogP contribution < -0.4 is 0 Å². The first-order valence-corrected chi connectivity index (χ1v) is 4.97. The minimum Gasteiger partial charge on any atom is -0.253 e. The van der Waals surface area contributed by atoms with Gasteiger partial charge in [-0.3, -0.25) is 4.98 Å². The van der Waals surface area contributed by atoms with Gasteiger partial charge in [0.05, 0.1) is 5.69 Å². The van der Waals surface area contributed by atoms with Crippen LogP contribution in [0, 0.1) is 25.5 Å². The minimum atomic E-state index is -0.849. The van der Waals surface area contributed by atoms with Gasteiger partial charge in [-0.1, -0.05) is 6.07 Å².